The van der Waals surface area contributed by atoms with Crippen molar-refractivity contribution in [1.29, 1.82) is 5.26 Å². The number of halogens is 3. The fraction of sp³-hybridized carbons (Fsp3) is 0.500. The molecular formula is C14H18F3N. The fourth-order valence-corrected chi connectivity index (χ4v) is 1.52. The minimum absolute atomic E-state index is 0.155. The average Bonchev–Trinajstić information content (AvgIpc) is 2.37. The van der Waals surface area contributed by atoms with Crippen LogP contribution in [0.4, 0.5) is 13.2 Å². The molecule has 0 amide bonds. The molecule has 0 radical (unpaired) electrons. The molecule has 1 atom stereocenters. The summed E-state index contributed by atoms with van der Waals surface area (Å²) in [6, 6.07) is 7.42. The standard InChI is InChI=1S/C12H12F3N.C2H6/c1-2-9(8-16)7-10-5-3-4-6-11(10)12(13,14)15;1-2/h3-6,9H,2,7H2,1H3;1-2H3. The van der Waals surface area contributed by atoms with Gasteiger partial charge in [-0.3, -0.25) is 0 Å². The van der Waals surface area contributed by atoms with Gasteiger partial charge in [-0.1, -0.05) is 39.0 Å². The van der Waals surface area contributed by atoms with Gasteiger partial charge in [-0.15, -0.1) is 0 Å². The highest BCUT2D eigenvalue weighted by molar-refractivity contribution is 5.30. The second-order valence-corrected chi connectivity index (χ2v) is 3.59. The van der Waals surface area contributed by atoms with Crippen LogP contribution in [0.1, 0.15) is 38.3 Å². The van der Waals surface area contributed by atoms with Gasteiger partial charge in [0.05, 0.1) is 17.6 Å². The molecule has 0 aliphatic carbocycles. The summed E-state index contributed by atoms with van der Waals surface area (Å²) in [5, 5.41) is 8.75. The molecule has 0 aromatic heterocycles. The molecule has 0 bridgehead atoms. The van der Waals surface area contributed by atoms with E-state index in [0.717, 1.165) is 6.07 Å². The molecule has 0 saturated heterocycles. The summed E-state index contributed by atoms with van der Waals surface area (Å²) in [6.07, 6.45) is -3.63. The third-order valence-electron chi connectivity index (χ3n) is 2.46. The Morgan fingerprint density at radius 3 is 2.22 bits per heavy atom. The van der Waals surface area contributed by atoms with Crippen LogP contribution in [0.3, 0.4) is 0 Å². The lowest BCUT2D eigenvalue weighted by Crippen LogP contribution is -2.11. The lowest BCUT2D eigenvalue weighted by atomic mass is 9.94. The van der Waals surface area contributed by atoms with Crippen LogP contribution in [-0.2, 0) is 12.6 Å². The van der Waals surface area contributed by atoms with E-state index in [4.69, 9.17) is 5.26 Å². The zero-order valence-corrected chi connectivity index (χ0v) is 10.9. The van der Waals surface area contributed by atoms with Gasteiger partial charge in [-0.05, 0) is 24.5 Å². The number of benzene rings is 1. The molecular weight excluding hydrogens is 239 g/mol. The zero-order chi connectivity index (χ0) is 14.2. The van der Waals surface area contributed by atoms with Gasteiger partial charge >= 0.3 is 6.18 Å². The van der Waals surface area contributed by atoms with Gasteiger partial charge in [-0.2, -0.15) is 18.4 Å². The fourth-order valence-electron chi connectivity index (χ4n) is 1.52. The van der Waals surface area contributed by atoms with E-state index in [-0.39, 0.29) is 17.9 Å². The maximum absolute atomic E-state index is 12.6. The van der Waals surface area contributed by atoms with Crippen molar-refractivity contribution in [3.8, 4) is 6.07 Å². The number of rotatable bonds is 3. The summed E-state index contributed by atoms with van der Waals surface area (Å²) < 4.78 is 37.9. The first kappa shape index (κ1) is 16.5. The first-order valence-electron chi connectivity index (χ1n) is 6.03. The van der Waals surface area contributed by atoms with E-state index in [1.807, 2.05) is 19.9 Å². The summed E-state index contributed by atoms with van der Waals surface area (Å²) in [4.78, 5) is 0. The van der Waals surface area contributed by atoms with Gasteiger partial charge in [0.1, 0.15) is 0 Å². The predicted molar refractivity (Wildman–Crippen MR) is 65.9 cm³/mol. The van der Waals surface area contributed by atoms with Gasteiger partial charge in [0, 0.05) is 0 Å². The summed E-state index contributed by atoms with van der Waals surface area (Å²) in [5.74, 6) is -0.358. The molecule has 1 aromatic carbocycles. The van der Waals surface area contributed by atoms with Gasteiger partial charge in [-0.25, -0.2) is 0 Å². The predicted octanol–water partition coefficient (Wildman–Crippen LogP) is 4.82. The first-order chi connectivity index (χ1) is 8.49. The molecule has 100 valence electrons. The Morgan fingerprint density at radius 1 is 1.22 bits per heavy atom. The SMILES string of the molecule is CC.CCC(C#N)Cc1ccccc1C(F)(F)F. The van der Waals surface area contributed by atoms with Gasteiger partial charge in [0.25, 0.3) is 0 Å². The van der Waals surface area contributed by atoms with E-state index in [2.05, 4.69) is 0 Å². The summed E-state index contributed by atoms with van der Waals surface area (Å²) in [6.45, 7) is 5.80. The molecule has 4 heteroatoms. The molecule has 0 aliphatic heterocycles. The molecule has 0 heterocycles. The number of nitrogens with zero attached hydrogens (tertiary/aromatic N) is 1. The Kier molecular flexibility index (Phi) is 7.11. The summed E-state index contributed by atoms with van der Waals surface area (Å²) >= 11 is 0. The Hall–Kier alpha value is -1.50. The largest absolute Gasteiger partial charge is 0.416 e. The molecule has 0 spiro atoms. The van der Waals surface area contributed by atoms with Crippen LogP contribution in [0.2, 0.25) is 0 Å². The van der Waals surface area contributed by atoms with Crippen molar-refractivity contribution >= 4 is 0 Å². The van der Waals surface area contributed by atoms with E-state index in [0.29, 0.717) is 6.42 Å². The molecule has 18 heavy (non-hydrogen) atoms. The van der Waals surface area contributed by atoms with Crippen LogP contribution in [0.25, 0.3) is 0 Å². The van der Waals surface area contributed by atoms with Gasteiger partial charge in [0.2, 0.25) is 0 Å². The monoisotopic (exact) mass is 257 g/mol. The molecule has 1 aromatic rings. The number of alkyl halides is 3. The molecule has 1 rings (SSSR count). The van der Waals surface area contributed by atoms with E-state index < -0.39 is 11.7 Å². The van der Waals surface area contributed by atoms with Crippen molar-refractivity contribution in [3.05, 3.63) is 35.4 Å². The highest BCUT2D eigenvalue weighted by atomic mass is 19.4. The van der Waals surface area contributed by atoms with Crippen LogP contribution in [0, 0.1) is 17.2 Å². The highest BCUT2D eigenvalue weighted by Crippen LogP contribution is 2.32. The zero-order valence-electron chi connectivity index (χ0n) is 10.9. The quantitative estimate of drug-likeness (QED) is 0.761. The van der Waals surface area contributed by atoms with Crippen molar-refractivity contribution in [3.63, 3.8) is 0 Å². The average molecular weight is 257 g/mol. The van der Waals surface area contributed by atoms with Crippen LogP contribution in [0.15, 0.2) is 24.3 Å². The Morgan fingerprint density at radius 2 is 1.78 bits per heavy atom. The Bertz CT molecular complexity index is 391. The Balaban J connectivity index is 0.00000137. The minimum atomic E-state index is -4.34. The second kappa shape index (κ2) is 7.75. The van der Waals surface area contributed by atoms with E-state index in [1.165, 1.54) is 12.1 Å². The minimum Gasteiger partial charge on any atom is -0.198 e. The van der Waals surface area contributed by atoms with Crippen LogP contribution >= 0.6 is 0 Å². The Labute approximate surface area is 106 Å². The van der Waals surface area contributed by atoms with Crippen LogP contribution in [0.5, 0.6) is 0 Å². The number of nitriles is 1. The lowest BCUT2D eigenvalue weighted by molar-refractivity contribution is -0.138. The molecule has 0 aliphatic rings. The van der Waals surface area contributed by atoms with Crippen molar-refractivity contribution in [2.75, 3.05) is 0 Å². The van der Waals surface area contributed by atoms with E-state index in [1.54, 1.807) is 13.0 Å². The van der Waals surface area contributed by atoms with Crippen LogP contribution in [-0.4, -0.2) is 0 Å². The third kappa shape index (κ3) is 4.79. The maximum atomic E-state index is 12.6. The molecule has 0 saturated carbocycles. The summed E-state index contributed by atoms with van der Waals surface area (Å²) in [7, 11) is 0. The van der Waals surface area contributed by atoms with Crippen molar-refractivity contribution < 1.29 is 13.2 Å². The molecule has 1 unspecified atom stereocenters. The van der Waals surface area contributed by atoms with Crippen molar-refractivity contribution in [2.45, 2.75) is 39.8 Å². The highest BCUT2D eigenvalue weighted by Gasteiger charge is 2.33. The number of hydrogen-bond acceptors (Lipinski definition) is 1. The van der Waals surface area contributed by atoms with E-state index >= 15 is 0 Å². The van der Waals surface area contributed by atoms with Crippen molar-refractivity contribution in [1.82, 2.24) is 0 Å². The normalized spacial score (nSPS) is 12.1. The van der Waals surface area contributed by atoms with E-state index in [9.17, 15) is 13.2 Å². The van der Waals surface area contributed by atoms with Crippen LogP contribution < -0.4 is 0 Å². The molecule has 1 nitrogen and oxygen atoms in total. The van der Waals surface area contributed by atoms with Gasteiger partial charge < -0.3 is 0 Å². The van der Waals surface area contributed by atoms with Gasteiger partial charge in [0.15, 0.2) is 0 Å². The molecule has 0 fully saturated rings. The topological polar surface area (TPSA) is 23.8 Å². The second-order valence-electron chi connectivity index (χ2n) is 3.59. The maximum Gasteiger partial charge on any atom is 0.416 e. The smallest absolute Gasteiger partial charge is 0.198 e. The first-order valence-corrected chi connectivity index (χ1v) is 6.03. The van der Waals surface area contributed by atoms with Crippen molar-refractivity contribution in [2.24, 2.45) is 5.92 Å². The lowest BCUT2D eigenvalue weighted by Gasteiger charge is -2.14. The number of hydrogen-bond donors (Lipinski definition) is 0. The third-order valence-corrected chi connectivity index (χ3v) is 2.46. The molecule has 0 N–H and O–H groups in total. The summed E-state index contributed by atoms with van der Waals surface area (Å²) in [5.41, 5.74) is -0.438.